The number of rotatable bonds is 7. The molecule has 1 aromatic heterocycles. The minimum atomic E-state index is -1.05. The molecule has 1 aliphatic carbocycles. The number of hydrogen-bond donors (Lipinski definition) is 1. The van der Waals surface area contributed by atoms with Gasteiger partial charge in [0.25, 0.3) is 5.91 Å². The van der Waals surface area contributed by atoms with Crippen molar-refractivity contribution in [3.05, 3.63) is 47.7 Å². The lowest BCUT2D eigenvalue weighted by molar-refractivity contribution is -0.131. The van der Waals surface area contributed by atoms with E-state index < -0.39 is 23.6 Å². The predicted molar refractivity (Wildman–Crippen MR) is 151 cm³/mol. The zero-order valence-electron chi connectivity index (χ0n) is 23.7. The minimum absolute atomic E-state index is 0.0336. The second-order valence-electron chi connectivity index (χ2n) is 11.6. The molecule has 3 saturated heterocycles. The van der Waals surface area contributed by atoms with Gasteiger partial charge >= 0.3 is 6.01 Å². The van der Waals surface area contributed by atoms with E-state index in [1.807, 2.05) is 9.80 Å². The fraction of sp³-hybridized carbons (Fsp3) is 0.533. The molecule has 4 atom stereocenters. The first-order valence-corrected chi connectivity index (χ1v) is 14.5. The lowest BCUT2D eigenvalue weighted by Crippen LogP contribution is -2.56. The summed E-state index contributed by atoms with van der Waals surface area (Å²) in [5.41, 5.74) is 1.86. The lowest BCUT2D eigenvalue weighted by atomic mass is 9.77. The predicted octanol–water partition coefficient (Wildman–Crippen LogP) is 3.65. The third kappa shape index (κ3) is 5.00. The van der Waals surface area contributed by atoms with Gasteiger partial charge in [-0.25, -0.2) is 8.78 Å². The van der Waals surface area contributed by atoms with Gasteiger partial charge in [0, 0.05) is 43.7 Å². The highest BCUT2D eigenvalue weighted by Gasteiger charge is 2.45. The van der Waals surface area contributed by atoms with Crippen molar-refractivity contribution in [2.75, 3.05) is 56.2 Å². The second-order valence-corrected chi connectivity index (χ2v) is 11.6. The summed E-state index contributed by atoms with van der Waals surface area (Å²) in [7, 11) is 2.07. The molecular weight excluding hydrogens is 544 g/mol. The van der Waals surface area contributed by atoms with Crippen molar-refractivity contribution in [1.82, 2.24) is 19.8 Å². The quantitative estimate of drug-likeness (QED) is 0.492. The molecule has 1 N–H and O–H groups in total. The molecule has 1 amide bonds. The number of halogens is 2. The number of nitrogens with zero attached hydrogens (tertiary/aromatic N) is 7. The van der Waals surface area contributed by atoms with Gasteiger partial charge in [-0.15, -0.1) is 0 Å². The Morgan fingerprint density at radius 3 is 2.74 bits per heavy atom. The summed E-state index contributed by atoms with van der Waals surface area (Å²) in [6, 6.07) is 6.08. The van der Waals surface area contributed by atoms with Crippen LogP contribution in [0.4, 0.5) is 20.3 Å². The number of aromatic nitrogens is 2. The molecule has 4 aliphatic heterocycles. The maximum atomic E-state index is 15.0. The number of likely N-dealkylation sites (tertiary alicyclic amines) is 1. The molecule has 12 heteroatoms. The number of fused-ring (bicyclic) bond motifs is 2. The topological polar surface area (TPSA) is 109 Å². The van der Waals surface area contributed by atoms with Crippen LogP contribution in [0.1, 0.15) is 55.3 Å². The van der Waals surface area contributed by atoms with Crippen LogP contribution in [0.2, 0.25) is 0 Å². The van der Waals surface area contributed by atoms with Crippen LogP contribution in [0.25, 0.3) is 0 Å². The van der Waals surface area contributed by atoms with Gasteiger partial charge in [-0.1, -0.05) is 12.6 Å². The standard InChI is InChI=1S/C30H35F2N7O3/c1-18(31)29(41)38-14-13-37(16-20(38)10-11-33)28-25-19-8-9-23(39(15-19)27-22(32)6-3-7-24(27)40)26(25)34-30(35-28)42-17-21-5-4-12-36(21)2/h3,6-7,19-21,23,40H,1,4-5,8-10,12-17H2,2H3/t19?,20-,21-,23?/m0/s1. The van der Waals surface area contributed by atoms with Crippen LogP contribution in [-0.4, -0.2) is 89.2 Å². The van der Waals surface area contributed by atoms with Gasteiger partial charge in [-0.05, 0) is 51.4 Å². The monoisotopic (exact) mass is 579 g/mol. The summed E-state index contributed by atoms with van der Waals surface area (Å²) in [5, 5.41) is 20.1. The number of hydrogen-bond acceptors (Lipinski definition) is 9. The van der Waals surface area contributed by atoms with E-state index in [0.717, 1.165) is 43.5 Å². The fourth-order valence-electron chi connectivity index (χ4n) is 7.04. The van der Waals surface area contributed by atoms with Gasteiger partial charge < -0.3 is 29.4 Å². The number of phenolic OH excluding ortho intramolecular Hbond substituents is 1. The Balaban J connectivity index is 1.38. The smallest absolute Gasteiger partial charge is 0.318 e. The highest BCUT2D eigenvalue weighted by molar-refractivity contribution is 5.91. The number of aromatic hydroxyl groups is 1. The maximum Gasteiger partial charge on any atom is 0.318 e. The zero-order valence-corrected chi connectivity index (χ0v) is 23.7. The normalized spacial score (nSPS) is 25.3. The van der Waals surface area contributed by atoms with Gasteiger partial charge in [-0.3, -0.25) is 4.79 Å². The van der Waals surface area contributed by atoms with Crippen LogP contribution < -0.4 is 14.5 Å². The summed E-state index contributed by atoms with van der Waals surface area (Å²) >= 11 is 0. The van der Waals surface area contributed by atoms with Crippen molar-refractivity contribution < 1.29 is 23.4 Å². The number of piperazine rings is 1. The average Bonchev–Trinajstić information content (AvgIpc) is 3.40. The Kier molecular flexibility index (Phi) is 7.62. The summed E-state index contributed by atoms with van der Waals surface area (Å²) in [5.74, 6) is -1.82. The van der Waals surface area contributed by atoms with Crippen LogP contribution in [0.15, 0.2) is 30.6 Å². The third-order valence-corrected chi connectivity index (χ3v) is 9.17. The van der Waals surface area contributed by atoms with Gasteiger partial charge in [0.15, 0.2) is 5.83 Å². The SMILES string of the molecule is C=C(F)C(=O)N1CCN(c2nc(OC[C@@H]3CCCN3C)nc3c2C2CCC3N(c3c(O)cccc3F)C2)C[C@@H]1CC#N. The molecule has 2 bridgehead atoms. The maximum absolute atomic E-state index is 15.0. The molecule has 10 nitrogen and oxygen atoms in total. The van der Waals surface area contributed by atoms with Crippen molar-refractivity contribution >= 4 is 17.4 Å². The summed E-state index contributed by atoms with van der Waals surface area (Å²) in [6.45, 7) is 5.95. The molecular formula is C30H35F2N7O3. The van der Waals surface area contributed by atoms with E-state index in [-0.39, 0.29) is 55.0 Å². The molecule has 222 valence electrons. The van der Waals surface area contributed by atoms with Gasteiger partial charge in [0.05, 0.1) is 30.3 Å². The van der Waals surface area contributed by atoms with E-state index in [0.29, 0.717) is 25.5 Å². The molecule has 2 aromatic rings. The number of nitriles is 1. The molecule has 42 heavy (non-hydrogen) atoms. The molecule has 7 rings (SSSR count). The Morgan fingerprint density at radius 2 is 2.02 bits per heavy atom. The summed E-state index contributed by atoms with van der Waals surface area (Å²) < 4.78 is 35.0. The number of piperidine rings is 1. The number of phenols is 1. The molecule has 2 unspecified atom stereocenters. The number of carbonyl (C=O) groups is 1. The van der Waals surface area contributed by atoms with E-state index in [9.17, 15) is 19.6 Å². The average molecular weight is 580 g/mol. The van der Waals surface area contributed by atoms with E-state index >= 15 is 4.39 Å². The van der Waals surface area contributed by atoms with Crippen molar-refractivity contribution in [3.63, 3.8) is 0 Å². The summed E-state index contributed by atoms with van der Waals surface area (Å²) in [6.07, 6.45) is 3.72. The first-order valence-electron chi connectivity index (χ1n) is 14.5. The zero-order chi connectivity index (χ0) is 29.5. The van der Waals surface area contributed by atoms with Gasteiger partial charge in [-0.2, -0.15) is 15.2 Å². The fourth-order valence-corrected chi connectivity index (χ4v) is 7.04. The highest BCUT2D eigenvalue weighted by atomic mass is 19.1. The van der Waals surface area contributed by atoms with Crippen LogP contribution in [-0.2, 0) is 4.79 Å². The van der Waals surface area contributed by atoms with Crippen LogP contribution in [0.5, 0.6) is 11.8 Å². The Labute approximate surface area is 243 Å². The Hall–Kier alpha value is -3.98. The van der Waals surface area contributed by atoms with Crippen molar-refractivity contribution in [3.8, 4) is 17.8 Å². The van der Waals surface area contributed by atoms with E-state index in [2.05, 4.69) is 24.6 Å². The van der Waals surface area contributed by atoms with Crippen LogP contribution in [0.3, 0.4) is 0 Å². The van der Waals surface area contributed by atoms with E-state index in [4.69, 9.17) is 14.7 Å². The molecule has 3 fully saturated rings. The van der Waals surface area contributed by atoms with E-state index in [1.54, 1.807) is 0 Å². The first kappa shape index (κ1) is 28.2. The van der Waals surface area contributed by atoms with E-state index in [1.165, 1.54) is 23.1 Å². The number of benzene rings is 1. The summed E-state index contributed by atoms with van der Waals surface area (Å²) in [4.78, 5) is 29.9. The molecule has 1 aromatic carbocycles. The highest BCUT2D eigenvalue weighted by Crippen LogP contribution is 2.52. The lowest BCUT2D eigenvalue weighted by Gasteiger charge is -2.49. The Bertz CT molecular complexity index is 1410. The molecule has 0 radical (unpaired) electrons. The van der Waals surface area contributed by atoms with Crippen LogP contribution in [0, 0.1) is 17.1 Å². The van der Waals surface area contributed by atoms with Crippen molar-refractivity contribution in [1.29, 1.82) is 5.26 Å². The van der Waals surface area contributed by atoms with Crippen LogP contribution >= 0.6 is 0 Å². The number of anilines is 2. The molecule has 0 spiro atoms. The number of carbonyl (C=O) groups excluding carboxylic acids is 1. The number of ether oxygens (including phenoxy) is 1. The number of para-hydroxylation sites is 1. The minimum Gasteiger partial charge on any atom is -0.506 e. The Morgan fingerprint density at radius 1 is 1.19 bits per heavy atom. The first-order chi connectivity index (χ1) is 20.3. The van der Waals surface area contributed by atoms with Crippen molar-refractivity contribution in [2.24, 2.45) is 0 Å². The molecule has 0 saturated carbocycles. The van der Waals surface area contributed by atoms with Crippen molar-refractivity contribution in [2.45, 2.75) is 56.1 Å². The number of amides is 1. The molecule has 5 aliphatic rings. The molecule has 5 heterocycles. The third-order valence-electron chi connectivity index (χ3n) is 9.17. The number of likely N-dealkylation sites (N-methyl/N-ethyl adjacent to an activating group) is 1. The largest absolute Gasteiger partial charge is 0.506 e. The second kappa shape index (κ2) is 11.4. The van der Waals surface area contributed by atoms with Gasteiger partial charge in [0.2, 0.25) is 0 Å². The van der Waals surface area contributed by atoms with Gasteiger partial charge in [0.1, 0.15) is 29.7 Å².